The van der Waals surface area contributed by atoms with Gasteiger partial charge in [0.1, 0.15) is 5.15 Å². The number of aromatic nitrogens is 2. The molecule has 0 aliphatic carbocycles. The molecule has 1 heterocycles. The number of benzene rings is 2. The minimum atomic E-state index is -0.400. The first-order valence-corrected chi connectivity index (χ1v) is 9.89. The van der Waals surface area contributed by atoms with Crippen molar-refractivity contribution in [3.63, 3.8) is 0 Å². The zero-order chi connectivity index (χ0) is 21.3. The van der Waals surface area contributed by atoms with Crippen LogP contribution in [0.5, 0.6) is 11.5 Å². The highest BCUT2D eigenvalue weighted by molar-refractivity contribution is 6.32. The van der Waals surface area contributed by atoms with Gasteiger partial charge in [0.15, 0.2) is 18.1 Å². The summed E-state index contributed by atoms with van der Waals surface area (Å²) in [7, 11) is 0. The Morgan fingerprint density at radius 1 is 1.13 bits per heavy atom. The van der Waals surface area contributed by atoms with Gasteiger partial charge in [-0.2, -0.15) is 10.2 Å². The molecule has 3 rings (SSSR count). The van der Waals surface area contributed by atoms with E-state index in [2.05, 4.69) is 15.6 Å². The average Bonchev–Trinajstić information content (AvgIpc) is 3.01. The lowest BCUT2D eigenvalue weighted by Crippen LogP contribution is -2.24. The Bertz CT molecular complexity index is 1020. The molecule has 0 saturated carbocycles. The molecule has 1 amide bonds. The minimum Gasteiger partial charge on any atom is -0.490 e. The molecular formula is C22H23ClN4O3. The lowest BCUT2D eigenvalue weighted by Gasteiger charge is -2.10. The summed E-state index contributed by atoms with van der Waals surface area (Å²) >= 11 is 6.44. The standard InChI is InChI=1S/C22H23ClN4O3/c1-3-29-19-11-7-8-12-20(19)30-15-21(28)25-24-13-18-16(2)26-27(22(18)23)14-17-9-5-4-6-10-17/h4-13H,3,14-15H2,1-2H3,(H,25,28). The highest BCUT2D eigenvalue weighted by Crippen LogP contribution is 2.26. The van der Waals surface area contributed by atoms with Crippen LogP contribution in [0.3, 0.4) is 0 Å². The van der Waals surface area contributed by atoms with E-state index in [-0.39, 0.29) is 6.61 Å². The van der Waals surface area contributed by atoms with Gasteiger partial charge in [-0.05, 0) is 31.5 Å². The predicted molar refractivity (Wildman–Crippen MR) is 116 cm³/mol. The van der Waals surface area contributed by atoms with Crippen molar-refractivity contribution < 1.29 is 14.3 Å². The third-order valence-corrected chi connectivity index (χ3v) is 4.57. The van der Waals surface area contributed by atoms with Crippen molar-refractivity contribution in [3.05, 3.63) is 76.6 Å². The lowest BCUT2D eigenvalue weighted by molar-refractivity contribution is -0.123. The van der Waals surface area contributed by atoms with Crippen LogP contribution in [0.25, 0.3) is 0 Å². The first kappa shape index (κ1) is 21.4. The Balaban J connectivity index is 1.57. The van der Waals surface area contributed by atoms with Crippen LogP contribution in [-0.4, -0.2) is 35.1 Å². The number of carbonyl (C=O) groups is 1. The van der Waals surface area contributed by atoms with E-state index in [1.54, 1.807) is 16.8 Å². The van der Waals surface area contributed by atoms with Crippen LogP contribution in [0.4, 0.5) is 0 Å². The average molecular weight is 427 g/mol. The maximum absolute atomic E-state index is 12.0. The van der Waals surface area contributed by atoms with Crippen LogP contribution in [-0.2, 0) is 11.3 Å². The lowest BCUT2D eigenvalue weighted by atomic mass is 10.2. The molecule has 1 aromatic heterocycles. The Morgan fingerprint density at radius 2 is 1.80 bits per heavy atom. The number of hydrazone groups is 1. The molecule has 0 aliphatic rings. The van der Waals surface area contributed by atoms with Crippen LogP contribution < -0.4 is 14.9 Å². The van der Waals surface area contributed by atoms with Gasteiger partial charge in [0.2, 0.25) is 0 Å². The summed E-state index contributed by atoms with van der Waals surface area (Å²) in [5, 5.41) is 8.88. The van der Waals surface area contributed by atoms with Gasteiger partial charge in [-0.1, -0.05) is 54.1 Å². The van der Waals surface area contributed by atoms with Gasteiger partial charge in [0, 0.05) is 0 Å². The summed E-state index contributed by atoms with van der Waals surface area (Å²) in [5.74, 6) is 0.687. The molecule has 0 atom stereocenters. The summed E-state index contributed by atoms with van der Waals surface area (Å²) in [6, 6.07) is 17.1. The number of nitrogens with one attached hydrogen (secondary N) is 1. The molecule has 0 aliphatic heterocycles. The van der Waals surface area contributed by atoms with Gasteiger partial charge >= 0.3 is 0 Å². The van der Waals surface area contributed by atoms with Gasteiger partial charge in [0.05, 0.1) is 30.6 Å². The van der Waals surface area contributed by atoms with Crippen molar-refractivity contribution in [2.75, 3.05) is 13.2 Å². The third kappa shape index (κ3) is 5.61. The SMILES string of the molecule is CCOc1ccccc1OCC(=O)NN=Cc1c(C)nn(Cc2ccccc2)c1Cl. The minimum absolute atomic E-state index is 0.193. The first-order valence-electron chi connectivity index (χ1n) is 9.51. The second kappa shape index (κ2) is 10.5. The molecule has 0 fully saturated rings. The molecule has 1 N–H and O–H groups in total. The number of hydrogen-bond donors (Lipinski definition) is 1. The molecule has 30 heavy (non-hydrogen) atoms. The van der Waals surface area contributed by atoms with E-state index in [0.29, 0.717) is 35.4 Å². The zero-order valence-corrected chi connectivity index (χ0v) is 17.6. The van der Waals surface area contributed by atoms with Crippen LogP contribution in [0, 0.1) is 6.92 Å². The van der Waals surface area contributed by atoms with Crippen molar-refractivity contribution in [2.24, 2.45) is 5.10 Å². The molecule has 0 spiro atoms. The fourth-order valence-electron chi connectivity index (χ4n) is 2.76. The maximum Gasteiger partial charge on any atom is 0.277 e. The molecule has 3 aromatic rings. The normalized spacial score (nSPS) is 10.9. The van der Waals surface area contributed by atoms with Gasteiger partial charge in [0.25, 0.3) is 5.91 Å². The van der Waals surface area contributed by atoms with E-state index in [4.69, 9.17) is 21.1 Å². The quantitative estimate of drug-likeness (QED) is 0.416. The number of rotatable bonds is 9. The Hall–Kier alpha value is -3.32. The molecule has 0 radical (unpaired) electrons. The summed E-state index contributed by atoms with van der Waals surface area (Å²) in [6.45, 7) is 4.59. The van der Waals surface area contributed by atoms with E-state index < -0.39 is 5.91 Å². The van der Waals surface area contributed by atoms with E-state index >= 15 is 0 Å². The van der Waals surface area contributed by atoms with Crippen molar-refractivity contribution in [1.82, 2.24) is 15.2 Å². The highest BCUT2D eigenvalue weighted by Gasteiger charge is 2.12. The topological polar surface area (TPSA) is 77.7 Å². The monoisotopic (exact) mass is 426 g/mol. The fraction of sp³-hybridized carbons (Fsp3) is 0.227. The number of halogens is 1. The summed E-state index contributed by atoms with van der Waals surface area (Å²) < 4.78 is 12.7. The van der Waals surface area contributed by atoms with E-state index in [0.717, 1.165) is 11.3 Å². The number of hydrogen-bond acceptors (Lipinski definition) is 5. The molecule has 8 heteroatoms. The number of para-hydroxylation sites is 2. The summed E-state index contributed by atoms with van der Waals surface area (Å²) in [5.41, 5.74) is 4.89. The van der Waals surface area contributed by atoms with Gasteiger partial charge in [-0.3, -0.25) is 4.79 Å². The highest BCUT2D eigenvalue weighted by atomic mass is 35.5. The Morgan fingerprint density at radius 3 is 2.50 bits per heavy atom. The second-order valence-electron chi connectivity index (χ2n) is 6.39. The van der Waals surface area contributed by atoms with E-state index in [1.165, 1.54) is 6.21 Å². The van der Waals surface area contributed by atoms with Crippen LogP contribution in [0.2, 0.25) is 5.15 Å². The number of aryl methyl sites for hydroxylation is 1. The van der Waals surface area contributed by atoms with E-state index in [9.17, 15) is 4.79 Å². The maximum atomic E-state index is 12.0. The number of amides is 1. The summed E-state index contributed by atoms with van der Waals surface area (Å²) in [6.07, 6.45) is 1.48. The first-order chi connectivity index (χ1) is 14.6. The molecule has 0 bridgehead atoms. The molecule has 7 nitrogen and oxygen atoms in total. The van der Waals surface area contributed by atoms with Crippen molar-refractivity contribution in [1.29, 1.82) is 0 Å². The van der Waals surface area contributed by atoms with Gasteiger partial charge in [-0.25, -0.2) is 10.1 Å². The Kier molecular flexibility index (Phi) is 7.45. The van der Waals surface area contributed by atoms with Crippen LogP contribution in [0.1, 0.15) is 23.7 Å². The second-order valence-corrected chi connectivity index (χ2v) is 6.75. The van der Waals surface area contributed by atoms with Crippen molar-refractivity contribution in [2.45, 2.75) is 20.4 Å². The smallest absolute Gasteiger partial charge is 0.277 e. The molecular weight excluding hydrogens is 404 g/mol. The predicted octanol–water partition coefficient (Wildman–Crippen LogP) is 3.82. The number of ether oxygens (including phenoxy) is 2. The molecule has 0 saturated heterocycles. The Labute approximate surface area is 180 Å². The fourth-order valence-corrected chi connectivity index (χ4v) is 3.05. The molecule has 156 valence electrons. The van der Waals surface area contributed by atoms with Crippen LogP contribution >= 0.6 is 11.6 Å². The third-order valence-electron chi connectivity index (χ3n) is 4.18. The number of nitrogens with zero attached hydrogens (tertiary/aromatic N) is 3. The molecule has 2 aromatic carbocycles. The van der Waals surface area contributed by atoms with Crippen molar-refractivity contribution in [3.8, 4) is 11.5 Å². The van der Waals surface area contributed by atoms with Gasteiger partial charge in [-0.15, -0.1) is 0 Å². The number of carbonyl (C=O) groups excluding carboxylic acids is 1. The largest absolute Gasteiger partial charge is 0.490 e. The van der Waals surface area contributed by atoms with Gasteiger partial charge < -0.3 is 9.47 Å². The zero-order valence-electron chi connectivity index (χ0n) is 16.8. The molecule has 0 unspecified atom stereocenters. The van der Waals surface area contributed by atoms with E-state index in [1.807, 2.05) is 56.3 Å². The van der Waals surface area contributed by atoms with Crippen molar-refractivity contribution >= 4 is 23.7 Å². The van der Waals surface area contributed by atoms with Crippen LogP contribution in [0.15, 0.2) is 59.7 Å². The summed E-state index contributed by atoms with van der Waals surface area (Å²) in [4.78, 5) is 12.0.